The number of benzene rings is 1. The van der Waals surface area contributed by atoms with Crippen molar-refractivity contribution in [3.8, 4) is 5.69 Å². The highest BCUT2D eigenvalue weighted by Gasteiger charge is 2.17. The number of likely N-dealkylation sites (N-methyl/N-ethyl adjacent to an activating group) is 1. The van der Waals surface area contributed by atoms with E-state index in [0.29, 0.717) is 11.5 Å². The minimum absolute atomic E-state index is 0.0727. The maximum atomic E-state index is 12.6. The van der Waals surface area contributed by atoms with Crippen LogP contribution in [-0.4, -0.2) is 51.6 Å². The monoisotopic (exact) mass is 420 g/mol. The number of nitrogens with zero attached hydrogens (tertiary/aromatic N) is 4. The predicted octanol–water partition coefficient (Wildman–Crippen LogP) is 3.01. The first kappa shape index (κ1) is 22.2. The summed E-state index contributed by atoms with van der Waals surface area (Å²) in [5.41, 5.74) is 5.38. The van der Waals surface area contributed by atoms with Crippen LogP contribution in [0.2, 0.25) is 0 Å². The van der Waals surface area contributed by atoms with E-state index in [0.717, 1.165) is 22.6 Å². The van der Waals surface area contributed by atoms with Gasteiger partial charge in [-0.3, -0.25) is 14.5 Å². The van der Waals surface area contributed by atoms with Crippen molar-refractivity contribution in [2.24, 2.45) is 0 Å². The van der Waals surface area contributed by atoms with E-state index in [1.807, 2.05) is 62.7 Å². The number of aryl methyl sites for hydroxylation is 3. The van der Waals surface area contributed by atoms with Crippen molar-refractivity contribution < 1.29 is 9.59 Å². The van der Waals surface area contributed by atoms with Gasteiger partial charge in [0.2, 0.25) is 11.8 Å². The van der Waals surface area contributed by atoms with Crippen molar-refractivity contribution in [3.63, 3.8) is 0 Å². The lowest BCUT2D eigenvalue weighted by molar-refractivity contribution is -0.119. The zero-order chi connectivity index (χ0) is 22.5. The molecule has 2 heterocycles. The summed E-state index contributed by atoms with van der Waals surface area (Å²) in [7, 11) is 1.72. The molecule has 0 aliphatic heterocycles. The zero-order valence-electron chi connectivity index (χ0n) is 18.6. The van der Waals surface area contributed by atoms with Gasteiger partial charge in [0, 0.05) is 6.20 Å². The quantitative estimate of drug-likeness (QED) is 0.613. The van der Waals surface area contributed by atoms with E-state index in [4.69, 9.17) is 0 Å². The molecule has 3 aromatic rings. The van der Waals surface area contributed by atoms with Gasteiger partial charge in [0.25, 0.3) is 0 Å². The molecule has 0 unspecified atom stereocenters. The largest absolute Gasteiger partial charge is 0.322 e. The van der Waals surface area contributed by atoms with Gasteiger partial charge in [-0.2, -0.15) is 5.10 Å². The van der Waals surface area contributed by atoms with Crippen molar-refractivity contribution in [2.75, 3.05) is 30.8 Å². The molecule has 0 spiro atoms. The van der Waals surface area contributed by atoms with Crippen molar-refractivity contribution in [2.45, 2.75) is 27.7 Å². The highest BCUT2D eigenvalue weighted by Crippen LogP contribution is 2.23. The standard InChI is InChI=1S/C23H28N6O2/c1-15-6-8-19(9-7-15)29-18(4)23(17(3)27-29)26-22(31)14-28(5)13-21(30)25-20-12-16(2)10-11-24-20/h6-12H,13-14H2,1-5H3,(H,26,31)(H,24,25,30). The summed E-state index contributed by atoms with van der Waals surface area (Å²) in [6.45, 7) is 7.89. The Hall–Kier alpha value is -3.52. The van der Waals surface area contributed by atoms with Crippen LogP contribution in [-0.2, 0) is 9.59 Å². The number of carbonyl (C=O) groups excluding carboxylic acids is 2. The van der Waals surface area contributed by atoms with Crippen molar-refractivity contribution in [1.29, 1.82) is 0 Å². The van der Waals surface area contributed by atoms with Gasteiger partial charge in [0.1, 0.15) is 5.82 Å². The van der Waals surface area contributed by atoms with Crippen LogP contribution in [0.3, 0.4) is 0 Å². The first-order chi connectivity index (χ1) is 14.7. The molecule has 3 rings (SSSR count). The van der Waals surface area contributed by atoms with E-state index < -0.39 is 0 Å². The second-order valence-corrected chi connectivity index (χ2v) is 7.78. The van der Waals surface area contributed by atoms with Gasteiger partial charge in [-0.05, 0) is 64.6 Å². The third-order valence-electron chi connectivity index (χ3n) is 4.84. The number of rotatable bonds is 7. The van der Waals surface area contributed by atoms with Crippen LogP contribution in [0, 0.1) is 27.7 Å². The van der Waals surface area contributed by atoms with Crippen LogP contribution in [0.4, 0.5) is 11.5 Å². The lowest BCUT2D eigenvalue weighted by atomic mass is 10.2. The number of pyridine rings is 1. The number of carbonyl (C=O) groups is 2. The Bertz CT molecular complexity index is 1090. The number of aromatic nitrogens is 3. The third kappa shape index (κ3) is 5.76. The molecule has 0 aliphatic carbocycles. The SMILES string of the molecule is Cc1ccc(-n2nc(C)c(NC(=O)CN(C)CC(=O)Nc3cc(C)ccn3)c2C)cc1. The number of amides is 2. The fourth-order valence-electron chi connectivity index (χ4n) is 3.27. The van der Waals surface area contributed by atoms with Gasteiger partial charge in [-0.25, -0.2) is 9.67 Å². The van der Waals surface area contributed by atoms with Gasteiger partial charge in [0.05, 0.1) is 35.9 Å². The normalized spacial score (nSPS) is 10.9. The van der Waals surface area contributed by atoms with E-state index >= 15 is 0 Å². The third-order valence-corrected chi connectivity index (χ3v) is 4.84. The van der Waals surface area contributed by atoms with Crippen LogP contribution in [0.5, 0.6) is 0 Å². The Kier molecular flexibility index (Phi) is 6.81. The van der Waals surface area contributed by atoms with Crippen molar-refractivity contribution in [1.82, 2.24) is 19.7 Å². The van der Waals surface area contributed by atoms with Gasteiger partial charge in [-0.1, -0.05) is 17.7 Å². The van der Waals surface area contributed by atoms with E-state index in [2.05, 4.69) is 20.7 Å². The molecule has 0 fully saturated rings. The first-order valence-corrected chi connectivity index (χ1v) is 10.1. The van der Waals surface area contributed by atoms with Crippen LogP contribution in [0.25, 0.3) is 5.69 Å². The van der Waals surface area contributed by atoms with Gasteiger partial charge in [-0.15, -0.1) is 0 Å². The van der Waals surface area contributed by atoms with Crippen LogP contribution < -0.4 is 10.6 Å². The Morgan fingerprint density at radius 1 is 0.935 bits per heavy atom. The molecule has 0 saturated heterocycles. The second-order valence-electron chi connectivity index (χ2n) is 7.78. The van der Waals surface area contributed by atoms with E-state index in [1.54, 1.807) is 24.2 Å². The summed E-state index contributed by atoms with van der Waals surface area (Å²) in [6, 6.07) is 11.7. The molecule has 0 aliphatic rings. The van der Waals surface area contributed by atoms with E-state index in [-0.39, 0.29) is 24.9 Å². The number of hydrogen-bond donors (Lipinski definition) is 2. The maximum absolute atomic E-state index is 12.6. The summed E-state index contributed by atoms with van der Waals surface area (Å²) in [6.07, 6.45) is 1.64. The minimum atomic E-state index is -0.229. The summed E-state index contributed by atoms with van der Waals surface area (Å²) in [4.78, 5) is 30.6. The van der Waals surface area contributed by atoms with Crippen LogP contribution in [0.1, 0.15) is 22.5 Å². The van der Waals surface area contributed by atoms with Gasteiger partial charge in [0.15, 0.2) is 0 Å². The molecule has 0 bridgehead atoms. The zero-order valence-corrected chi connectivity index (χ0v) is 18.6. The molecular formula is C23H28N6O2. The highest BCUT2D eigenvalue weighted by molar-refractivity contribution is 5.95. The summed E-state index contributed by atoms with van der Waals surface area (Å²) in [5.74, 6) is 0.0595. The fraction of sp³-hybridized carbons (Fsp3) is 0.304. The number of anilines is 2. The van der Waals surface area contributed by atoms with Gasteiger partial charge >= 0.3 is 0 Å². The molecule has 0 radical (unpaired) electrons. The smallest absolute Gasteiger partial charge is 0.239 e. The molecule has 162 valence electrons. The van der Waals surface area contributed by atoms with Crippen LogP contribution in [0.15, 0.2) is 42.6 Å². The molecule has 8 heteroatoms. The van der Waals surface area contributed by atoms with E-state index in [1.165, 1.54) is 5.56 Å². The number of nitrogens with one attached hydrogen (secondary N) is 2. The molecule has 8 nitrogen and oxygen atoms in total. The van der Waals surface area contributed by atoms with Gasteiger partial charge < -0.3 is 10.6 Å². The summed E-state index contributed by atoms with van der Waals surface area (Å²) < 4.78 is 1.82. The lowest BCUT2D eigenvalue weighted by Crippen LogP contribution is -2.36. The molecular weight excluding hydrogens is 392 g/mol. The first-order valence-electron chi connectivity index (χ1n) is 10.1. The highest BCUT2D eigenvalue weighted by atomic mass is 16.2. The molecule has 31 heavy (non-hydrogen) atoms. The van der Waals surface area contributed by atoms with Crippen molar-refractivity contribution in [3.05, 3.63) is 65.1 Å². The molecule has 0 atom stereocenters. The molecule has 2 N–H and O–H groups in total. The molecule has 0 saturated carbocycles. The second kappa shape index (κ2) is 9.53. The maximum Gasteiger partial charge on any atom is 0.239 e. The van der Waals surface area contributed by atoms with Crippen molar-refractivity contribution >= 4 is 23.3 Å². The molecule has 1 aromatic carbocycles. The number of hydrogen-bond acceptors (Lipinski definition) is 5. The Balaban J connectivity index is 1.59. The summed E-state index contributed by atoms with van der Waals surface area (Å²) >= 11 is 0. The Labute approximate surface area is 182 Å². The van der Waals surface area contributed by atoms with Crippen LogP contribution >= 0.6 is 0 Å². The molecule has 2 amide bonds. The average molecular weight is 421 g/mol. The Morgan fingerprint density at radius 2 is 1.58 bits per heavy atom. The predicted molar refractivity (Wildman–Crippen MR) is 122 cm³/mol. The molecule has 2 aromatic heterocycles. The van der Waals surface area contributed by atoms with E-state index in [9.17, 15) is 9.59 Å². The average Bonchev–Trinajstić information content (AvgIpc) is 2.96. The Morgan fingerprint density at radius 3 is 2.23 bits per heavy atom. The summed E-state index contributed by atoms with van der Waals surface area (Å²) in [5, 5.41) is 10.2. The minimum Gasteiger partial charge on any atom is -0.322 e. The topological polar surface area (TPSA) is 92.2 Å². The fourth-order valence-corrected chi connectivity index (χ4v) is 3.27. The lowest BCUT2D eigenvalue weighted by Gasteiger charge is -2.16.